The van der Waals surface area contributed by atoms with Crippen LogP contribution in [0.5, 0.6) is 0 Å². The van der Waals surface area contributed by atoms with Crippen molar-refractivity contribution < 1.29 is 107 Å². The van der Waals surface area contributed by atoms with E-state index in [2.05, 4.69) is 21.3 Å². The maximum absolute atomic E-state index is 12.7. The predicted octanol–water partition coefficient (Wildman–Crippen LogP) is 4.95. The summed E-state index contributed by atoms with van der Waals surface area (Å²) < 4.78 is 21.4. The highest BCUT2D eigenvalue weighted by molar-refractivity contribution is 5.88. The third kappa shape index (κ3) is 46.9. The standard InChI is InChI=1S/C59H100N4O22/c1-42(50(67)39-47(43(2)64)57(76)77)20-17-18-30-60-52(69)29-27-49(59(80)81)63-54(71)41-85-37-34-82-32-19-21-46(66)40-84-36-35-83-33-31-61-51(68)28-24-44(56(74)75)38-45(65)25-26-48(58(78)79)62-53(70)22-15-13-11-9-7-5-3-4-6-8-10-12-14-16-23-55(72)73/h42-44,47-49,64H,3-41H2,1-2H3,(H,60,69)(H,61,68)(H,62,70)(H,63,71)(H,72,73)(H,74,75)(H,76,77)(H,78,79)(H,80,81)/t42-,43+,44+,47-,48-,49-/m0/s1. The van der Waals surface area contributed by atoms with E-state index in [0.717, 1.165) is 57.8 Å². The van der Waals surface area contributed by atoms with Gasteiger partial charge in [-0.05, 0) is 58.3 Å². The van der Waals surface area contributed by atoms with E-state index in [1.807, 2.05) is 0 Å². The molecule has 0 fully saturated rings. The number of hydrogen-bond donors (Lipinski definition) is 10. The predicted molar refractivity (Wildman–Crippen MR) is 308 cm³/mol. The van der Waals surface area contributed by atoms with Crippen LogP contribution in [0.25, 0.3) is 0 Å². The molecule has 0 radical (unpaired) electrons. The zero-order valence-corrected chi connectivity index (χ0v) is 50.3. The van der Waals surface area contributed by atoms with Crippen LogP contribution in [0.1, 0.15) is 200 Å². The SMILES string of the molecule is C[C@@H](CCCCNC(=O)CC[C@H](NC(=O)COCCOCCCC(=O)COCCOCCNC(=O)CC[C@H](CC(=O)CC[C@H](NC(=O)CCCCCCCCCCCCCCCCC(=O)O)C(=O)O)C(=O)O)C(=O)O)C(=O)C[C@H](C(=O)O)[C@@H](C)O. The lowest BCUT2D eigenvalue weighted by molar-refractivity contribution is -0.148. The lowest BCUT2D eigenvalue weighted by Crippen LogP contribution is -2.43. The van der Waals surface area contributed by atoms with Crippen molar-refractivity contribution in [2.75, 3.05) is 65.9 Å². The molecule has 0 aromatic rings. The average molecular weight is 1220 g/mol. The molecule has 26 heteroatoms. The first kappa shape index (κ1) is 79.0. The van der Waals surface area contributed by atoms with Crippen molar-refractivity contribution in [3.05, 3.63) is 0 Å². The van der Waals surface area contributed by atoms with Crippen molar-refractivity contribution in [2.24, 2.45) is 17.8 Å². The van der Waals surface area contributed by atoms with E-state index in [4.69, 9.17) is 24.1 Å². The normalized spacial score (nSPS) is 13.3. The third-order valence-corrected chi connectivity index (χ3v) is 14.0. The summed E-state index contributed by atoms with van der Waals surface area (Å²) in [6, 6.07) is -2.63. The van der Waals surface area contributed by atoms with Gasteiger partial charge in [0.2, 0.25) is 23.6 Å². The molecular weight excluding hydrogens is 1120 g/mol. The van der Waals surface area contributed by atoms with Gasteiger partial charge < -0.3 is 70.9 Å². The second kappa shape index (κ2) is 51.3. The minimum atomic E-state index is -1.34. The summed E-state index contributed by atoms with van der Waals surface area (Å²) >= 11 is 0. The van der Waals surface area contributed by atoms with E-state index in [0.29, 0.717) is 32.1 Å². The molecule has 0 rings (SSSR count). The highest BCUT2D eigenvalue weighted by atomic mass is 16.5. The van der Waals surface area contributed by atoms with Crippen molar-refractivity contribution in [3.63, 3.8) is 0 Å². The summed E-state index contributed by atoms with van der Waals surface area (Å²) in [5, 5.41) is 66.3. The van der Waals surface area contributed by atoms with Gasteiger partial charge in [0.15, 0.2) is 5.78 Å². The van der Waals surface area contributed by atoms with Gasteiger partial charge in [-0.3, -0.25) is 47.9 Å². The van der Waals surface area contributed by atoms with Gasteiger partial charge in [-0.25, -0.2) is 9.59 Å². The molecule has 0 aliphatic heterocycles. The number of aliphatic hydroxyl groups is 1. The second-order valence-electron chi connectivity index (χ2n) is 21.6. The van der Waals surface area contributed by atoms with E-state index in [1.54, 1.807) is 6.92 Å². The van der Waals surface area contributed by atoms with Crippen LogP contribution in [0, 0.1) is 17.8 Å². The van der Waals surface area contributed by atoms with Gasteiger partial charge >= 0.3 is 29.8 Å². The van der Waals surface area contributed by atoms with Crippen molar-refractivity contribution >= 4 is 70.8 Å². The summed E-state index contributed by atoms with van der Waals surface area (Å²) in [6.45, 7) is 3.43. The van der Waals surface area contributed by atoms with Crippen LogP contribution in [0.15, 0.2) is 0 Å². The minimum absolute atomic E-state index is 0.0116. The lowest BCUT2D eigenvalue weighted by atomic mass is 9.89. The molecule has 4 amide bonds. The number of amides is 4. The largest absolute Gasteiger partial charge is 0.481 e. The van der Waals surface area contributed by atoms with Crippen molar-refractivity contribution in [3.8, 4) is 0 Å². The van der Waals surface area contributed by atoms with Gasteiger partial charge in [0.05, 0.1) is 51.0 Å². The van der Waals surface area contributed by atoms with Crippen LogP contribution in [0.2, 0.25) is 0 Å². The molecule has 488 valence electrons. The molecular formula is C59H100N4O22. The smallest absolute Gasteiger partial charge is 0.326 e. The number of ether oxygens (including phenoxy) is 4. The summed E-state index contributed by atoms with van der Waals surface area (Å²) in [5.41, 5.74) is 0. The number of carbonyl (C=O) groups excluding carboxylic acids is 7. The van der Waals surface area contributed by atoms with Gasteiger partial charge in [0.1, 0.15) is 36.9 Å². The van der Waals surface area contributed by atoms with Crippen molar-refractivity contribution in [2.45, 2.75) is 218 Å². The number of unbranched alkanes of at least 4 members (excludes halogenated alkanes) is 14. The molecule has 0 aliphatic carbocycles. The Morgan fingerprint density at radius 1 is 0.376 bits per heavy atom. The molecule has 0 saturated heterocycles. The molecule has 0 aliphatic rings. The topological polar surface area (TPSA) is 411 Å². The molecule has 0 bridgehead atoms. The average Bonchev–Trinajstić information content (AvgIpc) is 3.49. The Kier molecular flexibility index (Phi) is 47.7. The maximum atomic E-state index is 12.7. The molecule has 6 atom stereocenters. The van der Waals surface area contributed by atoms with Crippen molar-refractivity contribution in [1.82, 2.24) is 21.3 Å². The molecule has 85 heavy (non-hydrogen) atoms. The first-order valence-corrected chi connectivity index (χ1v) is 30.3. The van der Waals surface area contributed by atoms with E-state index in [1.165, 1.54) is 32.6 Å². The van der Waals surface area contributed by atoms with Crippen molar-refractivity contribution in [1.29, 1.82) is 0 Å². The summed E-state index contributed by atoms with van der Waals surface area (Å²) in [4.78, 5) is 144. The third-order valence-electron chi connectivity index (χ3n) is 14.0. The quantitative estimate of drug-likeness (QED) is 0.0360. The van der Waals surface area contributed by atoms with Crippen LogP contribution >= 0.6 is 0 Å². The number of carboxylic acids is 5. The Morgan fingerprint density at radius 3 is 1.39 bits per heavy atom. The Hall–Kier alpha value is -5.96. The summed E-state index contributed by atoms with van der Waals surface area (Å²) in [7, 11) is 0. The number of aliphatic hydroxyl groups excluding tert-OH is 1. The number of nitrogens with one attached hydrogen (secondary N) is 4. The Bertz CT molecular complexity index is 1990. The van der Waals surface area contributed by atoms with Gasteiger partial charge in [0, 0.05) is 77.0 Å². The second-order valence-corrected chi connectivity index (χ2v) is 21.6. The van der Waals surface area contributed by atoms with Crippen LogP contribution in [-0.2, 0) is 76.5 Å². The fraction of sp³-hybridized carbons (Fsp3) is 0.797. The molecule has 0 unspecified atom stereocenters. The number of Topliss-reactive ketones (excluding diaryl/α,β-unsaturated/α-hetero) is 3. The molecule has 0 spiro atoms. The Labute approximate surface area is 499 Å². The van der Waals surface area contributed by atoms with E-state index in [9.17, 15) is 83.1 Å². The van der Waals surface area contributed by atoms with Gasteiger partial charge in [0.25, 0.3) is 0 Å². The van der Waals surface area contributed by atoms with E-state index < -0.39 is 108 Å². The first-order valence-electron chi connectivity index (χ1n) is 30.3. The monoisotopic (exact) mass is 1220 g/mol. The zero-order valence-electron chi connectivity index (χ0n) is 50.3. The van der Waals surface area contributed by atoms with E-state index in [-0.39, 0.29) is 135 Å². The number of rotatable bonds is 60. The molecule has 26 nitrogen and oxygen atoms in total. The first-order chi connectivity index (χ1) is 40.5. The fourth-order valence-corrected chi connectivity index (χ4v) is 8.80. The number of carbonyl (C=O) groups is 12. The van der Waals surface area contributed by atoms with E-state index >= 15 is 0 Å². The maximum Gasteiger partial charge on any atom is 0.326 e. The van der Waals surface area contributed by atoms with Crippen LogP contribution in [-0.4, -0.2) is 186 Å². The van der Waals surface area contributed by atoms with Gasteiger partial charge in [-0.15, -0.1) is 0 Å². The molecule has 0 saturated carbocycles. The minimum Gasteiger partial charge on any atom is -0.481 e. The number of aliphatic carboxylic acids is 5. The zero-order chi connectivity index (χ0) is 63.6. The molecule has 0 aromatic carbocycles. The van der Waals surface area contributed by atoms with Gasteiger partial charge in [-0.2, -0.15) is 0 Å². The highest BCUT2D eigenvalue weighted by Gasteiger charge is 2.29. The highest BCUT2D eigenvalue weighted by Crippen LogP contribution is 2.19. The molecule has 0 heterocycles. The summed E-state index contributed by atoms with van der Waals surface area (Å²) in [6.07, 6.45) is 14.0. The van der Waals surface area contributed by atoms with Crippen LogP contribution in [0.4, 0.5) is 0 Å². The fourth-order valence-electron chi connectivity index (χ4n) is 8.80. The lowest BCUT2D eigenvalue weighted by Gasteiger charge is -2.17. The molecule has 10 N–H and O–H groups in total. The number of hydrogen-bond acceptors (Lipinski definition) is 17. The summed E-state index contributed by atoms with van der Waals surface area (Å²) in [5.74, 6) is -11.6. The Balaban J connectivity index is 4.04. The Morgan fingerprint density at radius 2 is 0.859 bits per heavy atom. The van der Waals surface area contributed by atoms with Gasteiger partial charge in [-0.1, -0.05) is 90.4 Å². The van der Waals surface area contributed by atoms with Crippen LogP contribution < -0.4 is 21.3 Å². The van der Waals surface area contributed by atoms with Crippen LogP contribution in [0.3, 0.4) is 0 Å². The molecule has 0 aromatic heterocycles. The number of carboxylic acid groups (broad SMARTS) is 5. The number of ketones is 3.